The second-order valence-electron chi connectivity index (χ2n) is 14.0. The summed E-state index contributed by atoms with van der Waals surface area (Å²) in [5.74, 6) is 1.79. The van der Waals surface area contributed by atoms with Crippen LogP contribution in [-0.2, 0) is 20.0 Å². The van der Waals surface area contributed by atoms with Crippen molar-refractivity contribution in [2.75, 3.05) is 90.6 Å². The Morgan fingerprint density at radius 2 is 0.934 bits per heavy atom. The number of aromatic nitrogens is 2. The molecule has 322 valence electrons. The third-order valence-electron chi connectivity index (χ3n) is 10.5. The van der Waals surface area contributed by atoms with Gasteiger partial charge in [0.1, 0.15) is 0 Å². The van der Waals surface area contributed by atoms with Crippen molar-refractivity contribution in [2.24, 2.45) is 0 Å². The number of anilines is 2. The summed E-state index contributed by atoms with van der Waals surface area (Å²) in [6.45, 7) is 6.04. The summed E-state index contributed by atoms with van der Waals surface area (Å²) in [6, 6.07) is 27.6. The number of nitrogens with zero attached hydrogens (tertiary/aromatic N) is 6. The zero-order valence-electron chi connectivity index (χ0n) is 34.6. The number of rotatable bonds is 12. The molecule has 2 aliphatic heterocycles. The molecule has 0 N–H and O–H groups in total. The van der Waals surface area contributed by atoms with Gasteiger partial charge in [-0.2, -0.15) is 8.61 Å². The summed E-state index contributed by atoms with van der Waals surface area (Å²) in [7, 11) is -1.20. The first-order chi connectivity index (χ1) is 29.5. The quantitative estimate of drug-likeness (QED) is 0.125. The summed E-state index contributed by atoms with van der Waals surface area (Å²) in [6.07, 6.45) is 0. The minimum Gasteiger partial charge on any atom is -0.493 e. The molecular weight excluding hydrogens is 857 g/mol. The zero-order chi connectivity index (χ0) is 43.1. The Morgan fingerprint density at radius 1 is 0.508 bits per heavy atom. The van der Waals surface area contributed by atoms with Gasteiger partial charge in [0.2, 0.25) is 20.0 Å². The van der Waals surface area contributed by atoms with E-state index >= 15 is 0 Å². The average Bonchev–Trinajstić information content (AvgIpc) is 4.01. The lowest BCUT2D eigenvalue weighted by atomic mass is 10.1. The Kier molecular flexibility index (Phi) is 13.8. The molecule has 0 atom stereocenters. The van der Waals surface area contributed by atoms with Crippen LogP contribution in [0.4, 0.5) is 10.3 Å². The van der Waals surface area contributed by atoms with Crippen molar-refractivity contribution in [3.63, 3.8) is 0 Å². The van der Waals surface area contributed by atoms with Gasteiger partial charge in [-0.15, -0.1) is 22.7 Å². The van der Waals surface area contributed by atoms with Crippen LogP contribution in [0.15, 0.2) is 112 Å². The van der Waals surface area contributed by atoms with Gasteiger partial charge in [0.15, 0.2) is 33.3 Å². The molecule has 8 rings (SSSR count). The van der Waals surface area contributed by atoms with Gasteiger partial charge in [-0.05, 0) is 36.8 Å². The Morgan fingerprint density at radius 3 is 1.39 bits per heavy atom. The number of sulfonamides is 2. The van der Waals surface area contributed by atoms with E-state index in [0.29, 0.717) is 75.4 Å². The maximum atomic E-state index is 13.1. The normalized spacial score (nSPS) is 15.2. The molecule has 2 aromatic heterocycles. The Balaban J connectivity index is 0.000000184. The van der Waals surface area contributed by atoms with Crippen LogP contribution in [0.25, 0.3) is 22.5 Å². The molecular formula is C43H48N6O8S4. The van der Waals surface area contributed by atoms with E-state index in [-0.39, 0.29) is 9.79 Å². The summed E-state index contributed by atoms with van der Waals surface area (Å²) in [5.41, 5.74) is 5.29. The Bertz CT molecular complexity index is 2640. The summed E-state index contributed by atoms with van der Waals surface area (Å²) in [5, 5.41) is 5.93. The van der Waals surface area contributed by atoms with Crippen LogP contribution in [0.5, 0.6) is 23.0 Å². The smallest absolute Gasteiger partial charge is 0.243 e. The van der Waals surface area contributed by atoms with E-state index < -0.39 is 20.0 Å². The first-order valence-corrected chi connectivity index (χ1v) is 24.1. The van der Waals surface area contributed by atoms with Crippen molar-refractivity contribution in [1.29, 1.82) is 0 Å². The maximum absolute atomic E-state index is 13.1. The number of thiazole rings is 2. The molecule has 2 aliphatic rings. The van der Waals surface area contributed by atoms with Crippen LogP contribution in [-0.4, -0.2) is 116 Å². The molecule has 0 radical (unpaired) electrons. The maximum Gasteiger partial charge on any atom is 0.243 e. The lowest BCUT2D eigenvalue weighted by Gasteiger charge is -2.33. The summed E-state index contributed by atoms with van der Waals surface area (Å²) < 4.78 is 76.4. The van der Waals surface area contributed by atoms with Crippen molar-refractivity contribution in [1.82, 2.24) is 18.6 Å². The minimum absolute atomic E-state index is 0.203. The van der Waals surface area contributed by atoms with E-state index in [4.69, 9.17) is 28.9 Å². The first kappa shape index (κ1) is 43.8. The SMILES string of the molecule is COc1ccc(S(=O)(=O)N2CCN(c3nc(-c4ccccc4)cs3)CC2)cc1OC.COc1ccc(S(=O)(=O)N2CCN(c3nc(-c4ccccc4C)cs3)CC2)cc1OC. The highest BCUT2D eigenvalue weighted by atomic mass is 32.2. The Labute approximate surface area is 365 Å². The molecule has 14 nitrogen and oxygen atoms in total. The first-order valence-electron chi connectivity index (χ1n) is 19.4. The zero-order valence-corrected chi connectivity index (χ0v) is 37.8. The molecule has 61 heavy (non-hydrogen) atoms. The molecule has 2 saturated heterocycles. The Hall–Kier alpha value is -5.24. The lowest BCUT2D eigenvalue weighted by molar-refractivity contribution is 0.353. The van der Waals surface area contributed by atoms with Crippen LogP contribution in [0, 0.1) is 6.92 Å². The molecule has 4 aromatic carbocycles. The number of hydrogen-bond acceptors (Lipinski definition) is 14. The molecule has 0 spiro atoms. The van der Waals surface area contributed by atoms with Crippen molar-refractivity contribution < 1.29 is 35.8 Å². The molecule has 18 heteroatoms. The predicted molar refractivity (Wildman–Crippen MR) is 241 cm³/mol. The molecule has 4 heterocycles. The standard InChI is InChI=1S/C22H25N3O4S2.C21H23N3O4S2/c1-16-6-4-5-7-18(16)19-15-30-22(23-19)24-10-12-25(13-11-24)31(26,27)17-8-9-20(28-2)21(14-17)29-3;1-27-19-9-8-17(14-20(19)28-2)30(25,26)24-12-10-23(11-13-24)21-22-18(15-29-21)16-6-4-3-5-7-16/h4-9,14-15H,10-13H2,1-3H3;3-9,14-15H,10-13H2,1-2H3. The largest absolute Gasteiger partial charge is 0.493 e. The van der Waals surface area contributed by atoms with Gasteiger partial charge in [-0.25, -0.2) is 26.8 Å². The van der Waals surface area contributed by atoms with Crippen LogP contribution in [0.2, 0.25) is 0 Å². The number of benzene rings is 4. The van der Waals surface area contributed by atoms with Crippen LogP contribution < -0.4 is 28.7 Å². The third kappa shape index (κ3) is 9.64. The molecule has 0 unspecified atom stereocenters. The van der Waals surface area contributed by atoms with Gasteiger partial charge in [-0.1, -0.05) is 54.6 Å². The molecule has 6 aromatic rings. The highest BCUT2D eigenvalue weighted by molar-refractivity contribution is 7.89. The van der Waals surface area contributed by atoms with Gasteiger partial charge in [-0.3, -0.25) is 0 Å². The number of piperazine rings is 2. The lowest BCUT2D eigenvalue weighted by Crippen LogP contribution is -2.48. The average molecular weight is 905 g/mol. The second kappa shape index (κ2) is 19.2. The summed E-state index contributed by atoms with van der Waals surface area (Å²) in [4.78, 5) is 14.2. The van der Waals surface area contributed by atoms with Gasteiger partial charge in [0.05, 0.1) is 49.6 Å². The van der Waals surface area contributed by atoms with Gasteiger partial charge >= 0.3 is 0 Å². The topological polar surface area (TPSA) is 144 Å². The summed E-state index contributed by atoms with van der Waals surface area (Å²) >= 11 is 3.17. The second-order valence-corrected chi connectivity index (χ2v) is 19.6. The highest BCUT2D eigenvalue weighted by Gasteiger charge is 2.32. The van der Waals surface area contributed by atoms with Crippen LogP contribution in [0.1, 0.15) is 5.56 Å². The molecule has 0 amide bonds. The number of aryl methyl sites for hydroxylation is 1. The number of methoxy groups -OCH3 is 4. The van der Waals surface area contributed by atoms with Gasteiger partial charge < -0.3 is 28.7 Å². The number of hydrogen-bond donors (Lipinski definition) is 0. The van der Waals surface area contributed by atoms with E-state index in [1.807, 2.05) is 47.8 Å². The van der Waals surface area contributed by atoms with Crippen LogP contribution in [0.3, 0.4) is 0 Å². The third-order valence-corrected chi connectivity index (χ3v) is 16.1. The predicted octanol–water partition coefficient (Wildman–Crippen LogP) is 6.98. The van der Waals surface area contributed by atoms with Crippen LogP contribution >= 0.6 is 22.7 Å². The van der Waals surface area contributed by atoms with Crippen molar-refractivity contribution in [3.8, 4) is 45.5 Å². The minimum atomic E-state index is -3.61. The number of ether oxygens (including phenoxy) is 4. The van der Waals surface area contributed by atoms with E-state index in [2.05, 4.69) is 34.2 Å². The van der Waals surface area contributed by atoms with Gasteiger partial charge in [0, 0.05) is 86.4 Å². The van der Waals surface area contributed by atoms with Crippen molar-refractivity contribution in [3.05, 3.63) is 107 Å². The van der Waals surface area contributed by atoms with Crippen molar-refractivity contribution >= 4 is 53.0 Å². The van der Waals surface area contributed by atoms with E-state index in [9.17, 15) is 16.8 Å². The highest BCUT2D eigenvalue weighted by Crippen LogP contribution is 2.35. The molecule has 0 bridgehead atoms. The molecule has 2 fully saturated rings. The monoisotopic (exact) mass is 904 g/mol. The fourth-order valence-electron chi connectivity index (χ4n) is 7.04. The van der Waals surface area contributed by atoms with E-state index in [1.54, 1.807) is 46.9 Å². The molecule has 0 aliphatic carbocycles. The fraction of sp³-hybridized carbons (Fsp3) is 0.302. The van der Waals surface area contributed by atoms with Crippen molar-refractivity contribution in [2.45, 2.75) is 16.7 Å². The van der Waals surface area contributed by atoms with E-state index in [0.717, 1.165) is 32.8 Å². The van der Waals surface area contributed by atoms with E-state index in [1.165, 1.54) is 54.7 Å². The molecule has 0 saturated carbocycles. The van der Waals surface area contributed by atoms with Gasteiger partial charge in [0.25, 0.3) is 0 Å². The fourth-order valence-corrected chi connectivity index (χ4v) is 11.7.